The fourth-order valence-corrected chi connectivity index (χ4v) is 2.02. The first-order valence-corrected chi connectivity index (χ1v) is 4.99. The lowest BCUT2D eigenvalue weighted by Gasteiger charge is -2.05. The summed E-state index contributed by atoms with van der Waals surface area (Å²) in [7, 11) is 0. The van der Waals surface area contributed by atoms with Crippen LogP contribution >= 0.6 is 23.2 Å². The number of rotatable bonds is 1. The highest BCUT2D eigenvalue weighted by molar-refractivity contribution is 6.40. The molecule has 0 atom stereocenters. The highest BCUT2D eigenvalue weighted by atomic mass is 35.5. The van der Waals surface area contributed by atoms with E-state index in [9.17, 15) is 0 Å². The van der Waals surface area contributed by atoms with Crippen molar-refractivity contribution in [2.45, 2.75) is 0 Å². The minimum Gasteiger partial charge on any atom is -0.0984 e. The Bertz CT molecular complexity index is 501. The molecule has 0 fully saturated rings. The molecule has 0 spiro atoms. The molecule has 2 aromatic rings. The van der Waals surface area contributed by atoms with Crippen LogP contribution in [-0.2, 0) is 0 Å². The Morgan fingerprint density at radius 3 is 2.43 bits per heavy atom. The zero-order valence-electron chi connectivity index (χ0n) is 7.43. The molecule has 0 saturated carbocycles. The molecule has 0 aromatic heterocycles. The second kappa shape index (κ2) is 3.64. The molecule has 0 bridgehead atoms. The van der Waals surface area contributed by atoms with Crippen molar-refractivity contribution in [2.24, 2.45) is 0 Å². The molecule has 0 amide bonds. The Morgan fingerprint density at radius 1 is 1.00 bits per heavy atom. The molecule has 0 saturated heterocycles. The fraction of sp³-hybridized carbons (Fsp3) is 0. The molecular weight excluding hydrogens is 215 g/mol. The third-order valence-electron chi connectivity index (χ3n) is 2.19. The van der Waals surface area contributed by atoms with Gasteiger partial charge < -0.3 is 0 Å². The third-order valence-corrected chi connectivity index (χ3v) is 2.83. The monoisotopic (exact) mass is 222 g/mol. The summed E-state index contributed by atoms with van der Waals surface area (Å²) >= 11 is 12.2. The molecule has 0 unspecified atom stereocenters. The van der Waals surface area contributed by atoms with Crippen molar-refractivity contribution in [3.8, 4) is 0 Å². The Hall–Kier alpha value is -0.980. The average molecular weight is 223 g/mol. The number of hydrogen-bond acceptors (Lipinski definition) is 0. The molecule has 0 heterocycles. The average Bonchev–Trinajstić information content (AvgIpc) is 2.23. The van der Waals surface area contributed by atoms with E-state index in [1.807, 2.05) is 18.2 Å². The van der Waals surface area contributed by atoms with Gasteiger partial charge in [-0.2, -0.15) is 0 Å². The first kappa shape index (κ1) is 9.57. The zero-order chi connectivity index (χ0) is 10.1. The summed E-state index contributed by atoms with van der Waals surface area (Å²) in [6.45, 7) is 3.75. The van der Waals surface area contributed by atoms with Crippen LogP contribution in [0.4, 0.5) is 0 Å². The van der Waals surface area contributed by atoms with Gasteiger partial charge in [0.05, 0.1) is 0 Å². The summed E-state index contributed by atoms with van der Waals surface area (Å²) in [5, 5.41) is 3.36. The Kier molecular flexibility index (Phi) is 2.49. The van der Waals surface area contributed by atoms with Crippen molar-refractivity contribution in [1.82, 2.24) is 0 Å². The van der Waals surface area contributed by atoms with Crippen LogP contribution in [0.2, 0.25) is 10.0 Å². The van der Waals surface area contributed by atoms with Gasteiger partial charge in [0.2, 0.25) is 0 Å². The molecule has 0 aliphatic rings. The van der Waals surface area contributed by atoms with E-state index in [1.54, 1.807) is 18.2 Å². The van der Waals surface area contributed by atoms with E-state index in [4.69, 9.17) is 23.2 Å². The first-order valence-electron chi connectivity index (χ1n) is 4.23. The second-order valence-electron chi connectivity index (χ2n) is 3.00. The standard InChI is InChI=1S/C12H8Cl2/c1-2-8-4-3-5-9-10(13)6-7-11(14)12(8)9/h2-7H,1H2. The van der Waals surface area contributed by atoms with Gasteiger partial charge in [-0.1, -0.05) is 54.1 Å². The largest absolute Gasteiger partial charge is 0.0984 e. The van der Waals surface area contributed by atoms with Gasteiger partial charge in [0.15, 0.2) is 0 Å². The lowest BCUT2D eigenvalue weighted by Crippen LogP contribution is -1.80. The summed E-state index contributed by atoms with van der Waals surface area (Å²) in [6.07, 6.45) is 1.78. The summed E-state index contributed by atoms with van der Waals surface area (Å²) in [6, 6.07) is 9.48. The fourth-order valence-electron chi connectivity index (χ4n) is 1.53. The maximum Gasteiger partial charge on any atom is 0.0491 e. The number of fused-ring (bicyclic) bond motifs is 1. The van der Waals surface area contributed by atoms with Crippen molar-refractivity contribution >= 4 is 40.1 Å². The predicted octanol–water partition coefficient (Wildman–Crippen LogP) is 4.79. The van der Waals surface area contributed by atoms with Gasteiger partial charge in [-0.25, -0.2) is 0 Å². The molecule has 0 radical (unpaired) electrons. The van der Waals surface area contributed by atoms with E-state index < -0.39 is 0 Å². The maximum absolute atomic E-state index is 6.11. The Morgan fingerprint density at radius 2 is 1.71 bits per heavy atom. The highest BCUT2D eigenvalue weighted by Gasteiger charge is 2.05. The maximum atomic E-state index is 6.11. The van der Waals surface area contributed by atoms with Gasteiger partial charge in [-0.15, -0.1) is 0 Å². The van der Waals surface area contributed by atoms with Gasteiger partial charge in [-0.05, 0) is 17.7 Å². The minimum absolute atomic E-state index is 0.708. The van der Waals surface area contributed by atoms with Gasteiger partial charge in [0.1, 0.15) is 0 Å². The smallest absolute Gasteiger partial charge is 0.0491 e. The molecule has 0 aliphatic heterocycles. The topological polar surface area (TPSA) is 0 Å². The molecule has 2 aromatic carbocycles. The SMILES string of the molecule is C=Cc1cccc2c(Cl)ccc(Cl)c12. The van der Waals surface area contributed by atoms with Crippen LogP contribution in [0.25, 0.3) is 16.8 Å². The third kappa shape index (κ3) is 1.41. The van der Waals surface area contributed by atoms with Crippen molar-refractivity contribution in [1.29, 1.82) is 0 Å². The summed E-state index contributed by atoms with van der Waals surface area (Å²) in [4.78, 5) is 0. The normalized spacial score (nSPS) is 10.4. The summed E-state index contributed by atoms with van der Waals surface area (Å²) in [5.74, 6) is 0. The van der Waals surface area contributed by atoms with E-state index >= 15 is 0 Å². The Labute approximate surface area is 92.8 Å². The molecule has 0 nitrogen and oxygen atoms in total. The van der Waals surface area contributed by atoms with E-state index in [0.717, 1.165) is 16.3 Å². The van der Waals surface area contributed by atoms with Crippen LogP contribution in [-0.4, -0.2) is 0 Å². The Balaban J connectivity index is 2.99. The van der Waals surface area contributed by atoms with Crippen molar-refractivity contribution in [2.75, 3.05) is 0 Å². The van der Waals surface area contributed by atoms with Crippen molar-refractivity contribution in [3.05, 3.63) is 52.5 Å². The number of hydrogen-bond donors (Lipinski definition) is 0. The molecule has 2 rings (SSSR count). The lowest BCUT2D eigenvalue weighted by atomic mass is 10.0. The summed E-state index contributed by atoms with van der Waals surface area (Å²) < 4.78 is 0. The van der Waals surface area contributed by atoms with Gasteiger partial charge in [0, 0.05) is 20.8 Å². The van der Waals surface area contributed by atoms with Crippen molar-refractivity contribution in [3.63, 3.8) is 0 Å². The molecule has 14 heavy (non-hydrogen) atoms. The molecule has 0 N–H and O–H groups in total. The van der Waals surface area contributed by atoms with Crippen LogP contribution in [0.5, 0.6) is 0 Å². The van der Waals surface area contributed by atoms with E-state index in [1.165, 1.54) is 0 Å². The summed E-state index contributed by atoms with van der Waals surface area (Å²) in [5.41, 5.74) is 1.01. The van der Waals surface area contributed by atoms with Crippen LogP contribution in [0, 0.1) is 0 Å². The zero-order valence-corrected chi connectivity index (χ0v) is 8.94. The van der Waals surface area contributed by atoms with Gasteiger partial charge in [-0.3, -0.25) is 0 Å². The van der Waals surface area contributed by atoms with E-state index in [2.05, 4.69) is 6.58 Å². The van der Waals surface area contributed by atoms with Crippen LogP contribution < -0.4 is 0 Å². The van der Waals surface area contributed by atoms with Gasteiger partial charge in [0.25, 0.3) is 0 Å². The molecule has 0 aliphatic carbocycles. The number of halogens is 2. The quantitative estimate of drug-likeness (QED) is 0.651. The van der Waals surface area contributed by atoms with E-state index in [-0.39, 0.29) is 0 Å². The molecule has 70 valence electrons. The van der Waals surface area contributed by atoms with Crippen molar-refractivity contribution < 1.29 is 0 Å². The first-order chi connectivity index (χ1) is 6.74. The van der Waals surface area contributed by atoms with Crippen LogP contribution in [0.1, 0.15) is 5.56 Å². The molecular formula is C12H8Cl2. The number of benzene rings is 2. The highest BCUT2D eigenvalue weighted by Crippen LogP contribution is 2.32. The van der Waals surface area contributed by atoms with Crippen LogP contribution in [0.15, 0.2) is 36.9 Å². The molecule has 2 heteroatoms. The van der Waals surface area contributed by atoms with Gasteiger partial charge >= 0.3 is 0 Å². The predicted molar refractivity (Wildman–Crippen MR) is 64.1 cm³/mol. The lowest BCUT2D eigenvalue weighted by molar-refractivity contribution is 1.71. The van der Waals surface area contributed by atoms with Crippen LogP contribution in [0.3, 0.4) is 0 Å². The van der Waals surface area contributed by atoms with E-state index in [0.29, 0.717) is 10.0 Å². The second-order valence-corrected chi connectivity index (χ2v) is 3.82. The minimum atomic E-state index is 0.708.